The van der Waals surface area contributed by atoms with Crippen molar-refractivity contribution in [1.82, 2.24) is 14.7 Å². The summed E-state index contributed by atoms with van der Waals surface area (Å²) in [6.07, 6.45) is 0.718. The van der Waals surface area contributed by atoms with E-state index in [0.29, 0.717) is 23.1 Å². The highest BCUT2D eigenvalue weighted by atomic mass is 35.5. The maximum absolute atomic E-state index is 13.1. The zero-order valence-electron chi connectivity index (χ0n) is 20.2. The lowest BCUT2D eigenvalue weighted by Gasteiger charge is -2.22. The summed E-state index contributed by atoms with van der Waals surface area (Å²) in [6.45, 7) is 4.23. The number of halogens is 1. The molecule has 0 saturated carbocycles. The minimum Gasteiger partial charge on any atom is -0.315 e. The number of carbonyl (C=O) groups is 2. The molecule has 0 aliphatic rings. The van der Waals surface area contributed by atoms with Crippen LogP contribution in [0.15, 0.2) is 84.9 Å². The van der Waals surface area contributed by atoms with Gasteiger partial charge in [0.15, 0.2) is 0 Å². The van der Waals surface area contributed by atoms with Crippen molar-refractivity contribution in [3.05, 3.63) is 95.5 Å². The van der Waals surface area contributed by atoms with Crippen molar-refractivity contribution in [2.24, 2.45) is 0 Å². The van der Waals surface area contributed by atoms with Crippen molar-refractivity contribution < 1.29 is 9.59 Å². The Hall–Kier alpha value is -4.10. The quantitative estimate of drug-likeness (QED) is 0.294. The van der Waals surface area contributed by atoms with E-state index in [1.54, 1.807) is 16.8 Å². The Morgan fingerprint density at radius 1 is 0.944 bits per heavy atom. The number of hydrogen-bond acceptors (Lipinski definition) is 3. The molecule has 1 heterocycles. The number of anilines is 2. The molecule has 3 aromatic carbocycles. The molecule has 0 radical (unpaired) electrons. The summed E-state index contributed by atoms with van der Waals surface area (Å²) < 4.78 is 1.66. The second-order valence-corrected chi connectivity index (χ2v) is 8.82. The standard InChI is InChI=1S/C28H28ClN5O2/c1-3-17-33(28(36)30-24-12-8-7-9-20(24)2)19-27(35)31-26-18-25(21-10-5-4-6-11-21)32-34(26)23-15-13-22(29)14-16-23/h4-16,18H,3,17,19H2,1-2H3,(H,30,36)(H,31,35). The van der Waals surface area contributed by atoms with Crippen molar-refractivity contribution in [3.8, 4) is 16.9 Å². The Morgan fingerprint density at radius 3 is 2.33 bits per heavy atom. The third-order valence-corrected chi connectivity index (χ3v) is 5.87. The van der Waals surface area contributed by atoms with E-state index in [0.717, 1.165) is 28.9 Å². The van der Waals surface area contributed by atoms with Gasteiger partial charge in [-0.15, -0.1) is 0 Å². The Labute approximate surface area is 215 Å². The van der Waals surface area contributed by atoms with Crippen molar-refractivity contribution in [1.29, 1.82) is 0 Å². The van der Waals surface area contributed by atoms with Gasteiger partial charge in [0, 0.05) is 28.9 Å². The summed E-state index contributed by atoms with van der Waals surface area (Å²) in [5.41, 5.74) is 4.05. The van der Waals surface area contributed by atoms with Crippen LogP contribution >= 0.6 is 11.6 Å². The molecule has 0 spiro atoms. The number of carbonyl (C=O) groups excluding carboxylic acids is 2. The SMILES string of the molecule is CCCN(CC(=O)Nc1cc(-c2ccccc2)nn1-c1ccc(Cl)cc1)C(=O)Nc1ccccc1C. The minimum absolute atomic E-state index is 0.0992. The molecule has 0 atom stereocenters. The van der Waals surface area contributed by atoms with E-state index in [2.05, 4.69) is 10.6 Å². The van der Waals surface area contributed by atoms with Gasteiger partial charge in [0.2, 0.25) is 5.91 Å². The molecule has 3 amide bonds. The number of aromatic nitrogens is 2. The Morgan fingerprint density at radius 2 is 1.64 bits per heavy atom. The van der Waals surface area contributed by atoms with Crippen LogP contribution in [-0.2, 0) is 4.79 Å². The fraction of sp³-hybridized carbons (Fsp3) is 0.179. The molecule has 0 saturated heterocycles. The van der Waals surface area contributed by atoms with Gasteiger partial charge in [0.1, 0.15) is 12.4 Å². The summed E-state index contributed by atoms with van der Waals surface area (Å²) in [4.78, 5) is 27.6. The van der Waals surface area contributed by atoms with Gasteiger partial charge in [0.05, 0.1) is 11.4 Å². The first-order chi connectivity index (χ1) is 17.4. The average Bonchev–Trinajstić information content (AvgIpc) is 3.29. The maximum atomic E-state index is 13.1. The van der Waals surface area contributed by atoms with Crippen LogP contribution in [0, 0.1) is 6.92 Å². The molecule has 0 aliphatic carbocycles. The van der Waals surface area contributed by atoms with E-state index in [1.807, 2.05) is 86.6 Å². The van der Waals surface area contributed by atoms with Crippen molar-refractivity contribution in [3.63, 3.8) is 0 Å². The van der Waals surface area contributed by atoms with Crippen molar-refractivity contribution in [2.75, 3.05) is 23.7 Å². The van der Waals surface area contributed by atoms with Gasteiger partial charge >= 0.3 is 6.03 Å². The number of nitrogens with one attached hydrogen (secondary N) is 2. The Balaban J connectivity index is 1.55. The zero-order valence-corrected chi connectivity index (χ0v) is 21.0. The molecule has 4 rings (SSSR count). The number of hydrogen-bond donors (Lipinski definition) is 2. The molecule has 0 unspecified atom stereocenters. The van der Waals surface area contributed by atoms with E-state index >= 15 is 0 Å². The number of aryl methyl sites for hydroxylation is 1. The maximum Gasteiger partial charge on any atom is 0.322 e. The highest BCUT2D eigenvalue weighted by molar-refractivity contribution is 6.30. The minimum atomic E-state index is -0.322. The third kappa shape index (κ3) is 6.12. The smallest absolute Gasteiger partial charge is 0.315 e. The monoisotopic (exact) mass is 501 g/mol. The molecule has 4 aromatic rings. The first-order valence-corrected chi connectivity index (χ1v) is 12.1. The topological polar surface area (TPSA) is 79.3 Å². The summed E-state index contributed by atoms with van der Waals surface area (Å²) in [5, 5.41) is 11.2. The summed E-state index contributed by atoms with van der Waals surface area (Å²) in [7, 11) is 0. The molecule has 1 aromatic heterocycles. The number of nitrogens with zero attached hydrogens (tertiary/aromatic N) is 3. The predicted octanol–water partition coefficient (Wildman–Crippen LogP) is 6.38. The number of rotatable bonds is 8. The van der Waals surface area contributed by atoms with Gasteiger partial charge in [-0.3, -0.25) is 4.79 Å². The van der Waals surface area contributed by atoms with Gasteiger partial charge in [0.25, 0.3) is 0 Å². The first kappa shape index (κ1) is 25.0. The second-order valence-electron chi connectivity index (χ2n) is 8.38. The molecule has 0 fully saturated rings. The largest absolute Gasteiger partial charge is 0.322 e. The van der Waals surface area contributed by atoms with Crippen molar-refractivity contribution in [2.45, 2.75) is 20.3 Å². The lowest BCUT2D eigenvalue weighted by molar-refractivity contribution is -0.116. The van der Waals surface area contributed by atoms with E-state index in [1.165, 1.54) is 4.90 Å². The lowest BCUT2D eigenvalue weighted by Crippen LogP contribution is -2.41. The molecule has 0 bridgehead atoms. The molecule has 7 nitrogen and oxygen atoms in total. The highest BCUT2D eigenvalue weighted by Crippen LogP contribution is 2.25. The summed E-state index contributed by atoms with van der Waals surface area (Å²) in [6, 6.07) is 26.0. The van der Waals surface area contributed by atoms with Crippen LogP contribution in [-0.4, -0.2) is 39.7 Å². The first-order valence-electron chi connectivity index (χ1n) is 11.8. The fourth-order valence-corrected chi connectivity index (χ4v) is 3.91. The third-order valence-electron chi connectivity index (χ3n) is 5.62. The lowest BCUT2D eigenvalue weighted by atomic mass is 10.1. The van der Waals surface area contributed by atoms with E-state index in [4.69, 9.17) is 16.7 Å². The van der Waals surface area contributed by atoms with E-state index in [-0.39, 0.29) is 18.5 Å². The Kier molecular flexibility index (Phi) is 8.02. The van der Waals surface area contributed by atoms with Gasteiger partial charge in [-0.25, -0.2) is 9.48 Å². The van der Waals surface area contributed by atoms with Gasteiger partial charge in [-0.05, 0) is 49.2 Å². The normalized spacial score (nSPS) is 10.6. The Bertz CT molecular complexity index is 1340. The predicted molar refractivity (Wildman–Crippen MR) is 145 cm³/mol. The summed E-state index contributed by atoms with van der Waals surface area (Å²) in [5.74, 6) is 0.176. The molecule has 2 N–H and O–H groups in total. The van der Waals surface area contributed by atoms with Gasteiger partial charge in [-0.2, -0.15) is 5.10 Å². The van der Waals surface area contributed by atoms with Crippen LogP contribution in [0.3, 0.4) is 0 Å². The van der Waals surface area contributed by atoms with Crippen LogP contribution in [0.1, 0.15) is 18.9 Å². The van der Waals surface area contributed by atoms with Crippen LogP contribution in [0.2, 0.25) is 5.02 Å². The second kappa shape index (κ2) is 11.6. The molecule has 36 heavy (non-hydrogen) atoms. The number of para-hydroxylation sites is 1. The number of benzene rings is 3. The summed E-state index contributed by atoms with van der Waals surface area (Å²) >= 11 is 6.07. The highest BCUT2D eigenvalue weighted by Gasteiger charge is 2.19. The van der Waals surface area contributed by atoms with E-state index in [9.17, 15) is 9.59 Å². The van der Waals surface area contributed by atoms with Crippen LogP contribution in [0.5, 0.6) is 0 Å². The van der Waals surface area contributed by atoms with Gasteiger partial charge < -0.3 is 15.5 Å². The molecular formula is C28H28ClN5O2. The van der Waals surface area contributed by atoms with E-state index < -0.39 is 0 Å². The zero-order chi connectivity index (χ0) is 25.5. The van der Waals surface area contributed by atoms with Gasteiger partial charge in [-0.1, -0.05) is 67.1 Å². The van der Waals surface area contributed by atoms with Crippen LogP contribution in [0.4, 0.5) is 16.3 Å². The van der Waals surface area contributed by atoms with Crippen LogP contribution < -0.4 is 10.6 Å². The molecule has 0 aliphatic heterocycles. The number of amides is 3. The van der Waals surface area contributed by atoms with Crippen LogP contribution in [0.25, 0.3) is 16.9 Å². The molecule has 8 heteroatoms. The number of urea groups is 1. The fourth-order valence-electron chi connectivity index (χ4n) is 3.78. The molecular weight excluding hydrogens is 474 g/mol. The average molecular weight is 502 g/mol. The molecule has 184 valence electrons. The van der Waals surface area contributed by atoms with Crippen molar-refractivity contribution >= 4 is 35.0 Å².